The summed E-state index contributed by atoms with van der Waals surface area (Å²) in [6.07, 6.45) is 5.25. The molecular formula is C21H16N2O3S. The molecule has 134 valence electrons. The van der Waals surface area contributed by atoms with E-state index in [2.05, 4.69) is 15.8 Å². The second-order valence-corrected chi connectivity index (χ2v) is 6.62. The van der Waals surface area contributed by atoms with E-state index in [1.165, 1.54) is 24.6 Å². The molecule has 2 aromatic carbocycles. The maximum Gasteiger partial charge on any atom is 0.349 e. The summed E-state index contributed by atoms with van der Waals surface area (Å²) in [5, 5.41) is 9.67. The van der Waals surface area contributed by atoms with Gasteiger partial charge in [-0.05, 0) is 41.5 Å². The van der Waals surface area contributed by atoms with E-state index in [0.29, 0.717) is 17.0 Å². The second-order valence-electron chi connectivity index (χ2n) is 5.56. The van der Waals surface area contributed by atoms with Gasteiger partial charge in [0.1, 0.15) is 22.2 Å². The SMILES string of the molecule is COC(=O)c1cnc(/C=C/c2cccc(OCc3cccc(C#N)c3)c2)s1. The highest BCUT2D eigenvalue weighted by Crippen LogP contribution is 2.20. The van der Waals surface area contributed by atoms with Crippen molar-refractivity contribution in [3.05, 3.63) is 81.3 Å². The molecule has 0 unspecified atom stereocenters. The minimum absolute atomic E-state index is 0.386. The Morgan fingerprint density at radius 1 is 1.22 bits per heavy atom. The number of carbonyl (C=O) groups excluding carboxylic acids is 1. The van der Waals surface area contributed by atoms with Crippen LogP contribution in [0.3, 0.4) is 0 Å². The number of hydrogen-bond acceptors (Lipinski definition) is 6. The third kappa shape index (κ3) is 5.03. The van der Waals surface area contributed by atoms with Crippen LogP contribution in [0, 0.1) is 11.3 Å². The summed E-state index contributed by atoms with van der Waals surface area (Å²) in [6.45, 7) is 0.387. The van der Waals surface area contributed by atoms with Gasteiger partial charge in [-0.15, -0.1) is 11.3 Å². The van der Waals surface area contributed by atoms with Crippen molar-refractivity contribution in [3.63, 3.8) is 0 Å². The van der Waals surface area contributed by atoms with Crippen LogP contribution >= 0.6 is 11.3 Å². The van der Waals surface area contributed by atoms with Gasteiger partial charge in [-0.25, -0.2) is 9.78 Å². The first-order chi connectivity index (χ1) is 13.2. The van der Waals surface area contributed by atoms with E-state index >= 15 is 0 Å². The number of nitriles is 1. The molecule has 3 aromatic rings. The van der Waals surface area contributed by atoms with E-state index < -0.39 is 0 Å². The Morgan fingerprint density at radius 2 is 2.07 bits per heavy atom. The van der Waals surface area contributed by atoms with E-state index in [9.17, 15) is 4.79 Å². The molecule has 0 N–H and O–H groups in total. The van der Waals surface area contributed by atoms with Crippen LogP contribution < -0.4 is 4.74 Å². The third-order valence-electron chi connectivity index (χ3n) is 3.65. The molecule has 0 saturated carbocycles. The molecule has 0 aliphatic carbocycles. The van der Waals surface area contributed by atoms with E-state index in [4.69, 9.17) is 10.00 Å². The summed E-state index contributed by atoms with van der Waals surface area (Å²) in [6, 6.07) is 17.1. The lowest BCUT2D eigenvalue weighted by Crippen LogP contribution is -1.96. The van der Waals surface area contributed by atoms with E-state index in [1.807, 2.05) is 54.6 Å². The van der Waals surface area contributed by atoms with Gasteiger partial charge in [0.05, 0.1) is 24.9 Å². The van der Waals surface area contributed by atoms with Crippen LogP contribution in [-0.4, -0.2) is 18.1 Å². The molecule has 0 spiro atoms. The number of carbonyl (C=O) groups is 1. The van der Waals surface area contributed by atoms with Crippen LogP contribution in [0.5, 0.6) is 5.75 Å². The highest BCUT2D eigenvalue weighted by Gasteiger charge is 2.08. The first kappa shape index (κ1) is 18.4. The van der Waals surface area contributed by atoms with Gasteiger partial charge in [-0.1, -0.05) is 30.3 Å². The average Bonchev–Trinajstić information content (AvgIpc) is 3.20. The van der Waals surface area contributed by atoms with E-state index in [0.717, 1.165) is 21.9 Å². The molecule has 0 aliphatic heterocycles. The van der Waals surface area contributed by atoms with Crippen molar-refractivity contribution < 1.29 is 14.3 Å². The Hall–Kier alpha value is -3.43. The van der Waals surface area contributed by atoms with E-state index in [1.54, 1.807) is 6.07 Å². The van der Waals surface area contributed by atoms with Crippen LogP contribution in [0.25, 0.3) is 12.2 Å². The molecule has 0 fully saturated rings. The van der Waals surface area contributed by atoms with Crippen LogP contribution in [0.4, 0.5) is 0 Å². The number of benzene rings is 2. The van der Waals surface area contributed by atoms with Gasteiger partial charge in [-0.3, -0.25) is 0 Å². The molecule has 0 bridgehead atoms. The number of rotatable bonds is 6. The Labute approximate surface area is 161 Å². The summed E-state index contributed by atoms with van der Waals surface area (Å²) < 4.78 is 10.5. The number of esters is 1. The number of nitrogens with zero attached hydrogens (tertiary/aromatic N) is 2. The molecule has 0 radical (unpaired) electrons. The highest BCUT2D eigenvalue weighted by molar-refractivity contribution is 7.14. The van der Waals surface area contributed by atoms with Crippen molar-refractivity contribution >= 4 is 29.5 Å². The van der Waals surface area contributed by atoms with Crippen LogP contribution in [-0.2, 0) is 11.3 Å². The van der Waals surface area contributed by atoms with Gasteiger partial charge in [0.25, 0.3) is 0 Å². The number of hydrogen-bond donors (Lipinski definition) is 0. The highest BCUT2D eigenvalue weighted by atomic mass is 32.1. The van der Waals surface area contributed by atoms with Crippen molar-refractivity contribution in [2.45, 2.75) is 6.61 Å². The van der Waals surface area contributed by atoms with Gasteiger partial charge in [0.2, 0.25) is 0 Å². The summed E-state index contributed by atoms with van der Waals surface area (Å²) in [5.74, 6) is 0.344. The molecular weight excluding hydrogens is 360 g/mol. The largest absolute Gasteiger partial charge is 0.489 e. The molecule has 1 heterocycles. The predicted molar refractivity (Wildman–Crippen MR) is 104 cm³/mol. The lowest BCUT2D eigenvalue weighted by molar-refractivity contribution is 0.0606. The molecule has 5 nitrogen and oxygen atoms in total. The fraction of sp³-hybridized carbons (Fsp3) is 0.0952. The number of aromatic nitrogens is 1. The molecule has 1 aromatic heterocycles. The smallest absolute Gasteiger partial charge is 0.349 e. The molecule has 0 atom stereocenters. The van der Waals surface area contributed by atoms with Crippen molar-refractivity contribution in [1.82, 2.24) is 4.98 Å². The van der Waals surface area contributed by atoms with Crippen molar-refractivity contribution in [2.75, 3.05) is 7.11 Å². The van der Waals surface area contributed by atoms with Gasteiger partial charge >= 0.3 is 5.97 Å². The normalized spacial score (nSPS) is 10.5. The Kier molecular flexibility index (Phi) is 5.98. The Balaban J connectivity index is 1.65. The third-order valence-corrected chi connectivity index (χ3v) is 4.59. The monoisotopic (exact) mass is 376 g/mol. The number of thiazole rings is 1. The van der Waals surface area contributed by atoms with Gasteiger partial charge in [0.15, 0.2) is 0 Å². The maximum atomic E-state index is 11.5. The average molecular weight is 376 g/mol. The molecule has 0 aliphatic rings. The predicted octanol–water partition coefficient (Wildman–Crippen LogP) is 4.55. The minimum atomic E-state index is -0.386. The Bertz CT molecular complexity index is 1020. The van der Waals surface area contributed by atoms with Crippen LogP contribution in [0.15, 0.2) is 54.7 Å². The van der Waals surface area contributed by atoms with E-state index in [-0.39, 0.29) is 5.97 Å². The zero-order valence-electron chi connectivity index (χ0n) is 14.6. The van der Waals surface area contributed by atoms with Crippen molar-refractivity contribution in [3.8, 4) is 11.8 Å². The fourth-order valence-electron chi connectivity index (χ4n) is 2.33. The molecule has 3 rings (SSSR count). The Morgan fingerprint density at radius 3 is 2.89 bits per heavy atom. The minimum Gasteiger partial charge on any atom is -0.489 e. The van der Waals surface area contributed by atoms with Crippen LogP contribution in [0.2, 0.25) is 0 Å². The zero-order chi connectivity index (χ0) is 19.1. The lowest BCUT2D eigenvalue weighted by atomic mass is 10.1. The quantitative estimate of drug-likeness (QED) is 0.590. The van der Waals surface area contributed by atoms with Crippen LogP contribution in [0.1, 0.15) is 31.4 Å². The van der Waals surface area contributed by atoms with Gasteiger partial charge in [-0.2, -0.15) is 5.26 Å². The standard InChI is InChI=1S/C21H16N2O3S/c1-25-21(24)19-13-23-20(27-19)9-8-15-4-3-7-18(11-15)26-14-17-6-2-5-16(10-17)12-22/h2-11,13H,14H2,1H3/b9-8+. The topological polar surface area (TPSA) is 72.2 Å². The summed E-state index contributed by atoms with van der Waals surface area (Å²) in [7, 11) is 1.35. The van der Waals surface area contributed by atoms with Crippen molar-refractivity contribution in [2.24, 2.45) is 0 Å². The maximum absolute atomic E-state index is 11.5. The number of methoxy groups -OCH3 is 1. The number of ether oxygens (including phenoxy) is 2. The molecule has 0 saturated heterocycles. The molecule has 6 heteroatoms. The fourth-order valence-corrected chi connectivity index (χ4v) is 3.07. The first-order valence-corrected chi connectivity index (χ1v) is 8.94. The first-order valence-electron chi connectivity index (χ1n) is 8.12. The van der Waals surface area contributed by atoms with Gasteiger partial charge < -0.3 is 9.47 Å². The summed E-state index contributed by atoms with van der Waals surface area (Å²) in [4.78, 5) is 16.1. The zero-order valence-corrected chi connectivity index (χ0v) is 15.4. The lowest BCUT2D eigenvalue weighted by Gasteiger charge is -2.07. The second kappa shape index (κ2) is 8.79. The summed E-state index contributed by atoms with van der Waals surface area (Å²) in [5.41, 5.74) is 2.50. The molecule has 27 heavy (non-hydrogen) atoms. The van der Waals surface area contributed by atoms with Gasteiger partial charge in [0, 0.05) is 0 Å². The summed E-state index contributed by atoms with van der Waals surface area (Å²) >= 11 is 1.27. The molecule has 0 amide bonds. The van der Waals surface area contributed by atoms with Crippen molar-refractivity contribution in [1.29, 1.82) is 5.26 Å².